The second-order valence-electron chi connectivity index (χ2n) is 5.36. The molecule has 2 aromatic heterocycles. The Morgan fingerprint density at radius 3 is 2.20 bits per heavy atom. The van der Waals surface area contributed by atoms with Crippen LogP contribution in [0.4, 0.5) is 5.69 Å². The summed E-state index contributed by atoms with van der Waals surface area (Å²) in [5.74, 6) is 0.784. The third kappa shape index (κ3) is 2.90. The molecule has 122 valence electrons. The summed E-state index contributed by atoms with van der Waals surface area (Å²) in [4.78, 5) is 14.6. The average Bonchev–Trinajstić information content (AvgIpc) is 3.34. The Hall–Kier alpha value is -3.74. The number of hydrogen-bond donors (Lipinski definition) is 0. The highest BCUT2D eigenvalue weighted by molar-refractivity contribution is 5.61. The first-order valence-electron chi connectivity index (χ1n) is 7.53. The molecule has 0 spiro atoms. The topological polar surface area (TPSA) is 87.0 Å². The maximum absolute atomic E-state index is 10.7. The van der Waals surface area contributed by atoms with Gasteiger partial charge in [0.25, 0.3) is 11.6 Å². The quantitative estimate of drug-likeness (QED) is 0.415. The predicted molar refractivity (Wildman–Crippen MR) is 91.2 cm³/mol. The molecule has 0 aliphatic heterocycles. The lowest BCUT2D eigenvalue weighted by Gasteiger charge is -2.02. The van der Waals surface area contributed by atoms with Gasteiger partial charge in [0.15, 0.2) is 0 Å². The summed E-state index contributed by atoms with van der Waals surface area (Å²) in [5.41, 5.74) is 2.51. The average molecular weight is 332 g/mol. The molecule has 0 saturated heterocycles. The molecule has 0 N–H and O–H groups in total. The van der Waals surface area contributed by atoms with Crippen LogP contribution >= 0.6 is 0 Å². The molecule has 0 amide bonds. The molecule has 0 unspecified atom stereocenters. The van der Waals surface area contributed by atoms with Gasteiger partial charge < -0.3 is 9.09 Å². The standard InChI is InChI=1S/C18H12N4O3/c23-22(24)16-9-5-14(6-10-16)18-19-17(20-25-18)13-3-7-15(8-4-13)21-11-1-2-12-21/h1-12H. The molecule has 2 heterocycles. The first-order chi connectivity index (χ1) is 12.2. The molecule has 2 aromatic carbocycles. The number of aromatic nitrogens is 3. The fourth-order valence-corrected chi connectivity index (χ4v) is 2.47. The summed E-state index contributed by atoms with van der Waals surface area (Å²) in [6, 6.07) is 17.7. The van der Waals surface area contributed by atoms with Gasteiger partial charge in [-0.15, -0.1) is 0 Å². The largest absolute Gasteiger partial charge is 0.334 e. The molecule has 0 radical (unpaired) electrons. The lowest BCUT2D eigenvalue weighted by atomic mass is 10.2. The second kappa shape index (κ2) is 6.04. The molecular weight excluding hydrogens is 320 g/mol. The van der Waals surface area contributed by atoms with E-state index in [0.717, 1.165) is 11.3 Å². The fraction of sp³-hybridized carbons (Fsp3) is 0. The zero-order chi connectivity index (χ0) is 17.2. The second-order valence-corrected chi connectivity index (χ2v) is 5.36. The Morgan fingerprint density at radius 1 is 0.920 bits per heavy atom. The van der Waals surface area contributed by atoms with E-state index in [1.54, 1.807) is 12.1 Å². The minimum atomic E-state index is -0.449. The van der Waals surface area contributed by atoms with Crippen LogP contribution in [0.2, 0.25) is 0 Å². The highest BCUT2D eigenvalue weighted by Crippen LogP contribution is 2.24. The van der Waals surface area contributed by atoms with Gasteiger partial charge in [0.2, 0.25) is 5.82 Å². The Kier molecular flexibility index (Phi) is 3.59. The van der Waals surface area contributed by atoms with Crippen LogP contribution < -0.4 is 0 Å². The Balaban J connectivity index is 1.59. The van der Waals surface area contributed by atoms with Crippen molar-refractivity contribution in [2.45, 2.75) is 0 Å². The van der Waals surface area contributed by atoms with Crippen LogP contribution in [0.5, 0.6) is 0 Å². The SMILES string of the molecule is O=[N+]([O-])c1ccc(-c2nc(-c3ccc(-n4cccc4)cc3)no2)cc1. The Morgan fingerprint density at radius 2 is 1.56 bits per heavy atom. The smallest absolute Gasteiger partial charge is 0.269 e. The molecule has 4 rings (SSSR count). The summed E-state index contributed by atoms with van der Waals surface area (Å²) in [5, 5.41) is 14.7. The van der Waals surface area contributed by atoms with E-state index >= 15 is 0 Å². The first-order valence-corrected chi connectivity index (χ1v) is 7.53. The summed E-state index contributed by atoms with van der Waals surface area (Å²) in [6.45, 7) is 0. The number of non-ortho nitro benzene ring substituents is 1. The number of nitro benzene ring substituents is 1. The van der Waals surface area contributed by atoms with Gasteiger partial charge in [-0.25, -0.2) is 0 Å². The number of nitro groups is 1. The van der Waals surface area contributed by atoms with Crippen LogP contribution in [0, 0.1) is 10.1 Å². The monoisotopic (exact) mass is 332 g/mol. The highest BCUT2D eigenvalue weighted by atomic mass is 16.6. The van der Waals surface area contributed by atoms with E-state index < -0.39 is 4.92 Å². The predicted octanol–water partition coefficient (Wildman–Crippen LogP) is 4.10. The van der Waals surface area contributed by atoms with E-state index in [0.29, 0.717) is 17.3 Å². The first kappa shape index (κ1) is 14.8. The van der Waals surface area contributed by atoms with Crippen molar-refractivity contribution < 1.29 is 9.45 Å². The summed E-state index contributed by atoms with van der Waals surface area (Å²) in [6.07, 6.45) is 3.94. The number of hydrogen-bond acceptors (Lipinski definition) is 5. The normalized spacial score (nSPS) is 10.7. The van der Waals surface area contributed by atoms with Gasteiger partial charge in [0.05, 0.1) is 4.92 Å². The molecule has 7 heteroatoms. The van der Waals surface area contributed by atoms with Crippen molar-refractivity contribution in [3.05, 3.63) is 83.2 Å². The minimum Gasteiger partial charge on any atom is -0.334 e. The number of benzene rings is 2. The lowest BCUT2D eigenvalue weighted by Crippen LogP contribution is -1.89. The molecule has 0 fully saturated rings. The third-order valence-corrected chi connectivity index (χ3v) is 3.78. The van der Waals surface area contributed by atoms with Gasteiger partial charge in [-0.05, 0) is 48.5 Å². The number of nitrogens with zero attached hydrogens (tertiary/aromatic N) is 4. The van der Waals surface area contributed by atoms with Crippen molar-refractivity contribution in [1.29, 1.82) is 0 Å². The maximum Gasteiger partial charge on any atom is 0.269 e. The Labute approximate surface area is 142 Å². The summed E-state index contributed by atoms with van der Waals surface area (Å²) >= 11 is 0. The zero-order valence-electron chi connectivity index (χ0n) is 12.9. The van der Waals surface area contributed by atoms with Crippen LogP contribution in [-0.2, 0) is 0 Å². The van der Waals surface area contributed by atoms with Crippen molar-refractivity contribution in [2.75, 3.05) is 0 Å². The van der Waals surface area contributed by atoms with Crippen LogP contribution in [0.3, 0.4) is 0 Å². The van der Waals surface area contributed by atoms with Gasteiger partial charge in [0.1, 0.15) is 0 Å². The molecule has 25 heavy (non-hydrogen) atoms. The molecule has 0 aliphatic rings. The maximum atomic E-state index is 10.7. The molecule has 0 bridgehead atoms. The lowest BCUT2D eigenvalue weighted by molar-refractivity contribution is -0.384. The van der Waals surface area contributed by atoms with Gasteiger partial charge in [-0.3, -0.25) is 10.1 Å². The molecule has 0 atom stereocenters. The molecule has 7 nitrogen and oxygen atoms in total. The van der Waals surface area contributed by atoms with Crippen LogP contribution in [0.1, 0.15) is 0 Å². The van der Waals surface area contributed by atoms with Crippen molar-refractivity contribution in [2.24, 2.45) is 0 Å². The van der Waals surface area contributed by atoms with Gasteiger partial charge in [0, 0.05) is 41.3 Å². The fourth-order valence-electron chi connectivity index (χ4n) is 2.47. The van der Waals surface area contributed by atoms with E-state index in [1.165, 1.54) is 12.1 Å². The molecular formula is C18H12N4O3. The van der Waals surface area contributed by atoms with Gasteiger partial charge in [-0.2, -0.15) is 4.98 Å². The van der Waals surface area contributed by atoms with Crippen molar-refractivity contribution in [3.63, 3.8) is 0 Å². The van der Waals surface area contributed by atoms with E-state index in [4.69, 9.17) is 4.52 Å². The van der Waals surface area contributed by atoms with Crippen molar-refractivity contribution >= 4 is 5.69 Å². The summed E-state index contributed by atoms with van der Waals surface area (Å²) < 4.78 is 7.27. The highest BCUT2D eigenvalue weighted by Gasteiger charge is 2.12. The molecule has 0 aliphatic carbocycles. The van der Waals surface area contributed by atoms with Gasteiger partial charge in [-0.1, -0.05) is 5.16 Å². The summed E-state index contributed by atoms with van der Waals surface area (Å²) in [7, 11) is 0. The van der Waals surface area contributed by atoms with Crippen LogP contribution in [0.15, 0.2) is 77.6 Å². The molecule has 4 aromatic rings. The van der Waals surface area contributed by atoms with Crippen molar-refractivity contribution in [1.82, 2.24) is 14.7 Å². The van der Waals surface area contributed by atoms with E-state index in [1.807, 2.05) is 53.4 Å². The van der Waals surface area contributed by atoms with E-state index in [2.05, 4.69) is 10.1 Å². The minimum absolute atomic E-state index is 0.0177. The van der Waals surface area contributed by atoms with Crippen LogP contribution in [-0.4, -0.2) is 19.6 Å². The molecule has 0 saturated carbocycles. The number of rotatable bonds is 4. The Bertz CT molecular complexity index is 1000. The van der Waals surface area contributed by atoms with E-state index in [9.17, 15) is 10.1 Å². The van der Waals surface area contributed by atoms with Crippen LogP contribution in [0.25, 0.3) is 28.5 Å². The van der Waals surface area contributed by atoms with E-state index in [-0.39, 0.29) is 5.69 Å². The zero-order valence-corrected chi connectivity index (χ0v) is 12.9. The van der Waals surface area contributed by atoms with Gasteiger partial charge >= 0.3 is 0 Å². The third-order valence-electron chi connectivity index (χ3n) is 3.78. The van der Waals surface area contributed by atoms with Crippen molar-refractivity contribution in [3.8, 4) is 28.5 Å².